The molecular weight excluding hydrogens is 414 g/mol. The van der Waals surface area contributed by atoms with Crippen molar-refractivity contribution in [2.45, 2.75) is 38.5 Å². The summed E-state index contributed by atoms with van der Waals surface area (Å²) in [6, 6.07) is 18.7. The van der Waals surface area contributed by atoms with Gasteiger partial charge in [0.05, 0.1) is 24.9 Å². The van der Waals surface area contributed by atoms with Gasteiger partial charge in [-0.15, -0.1) is 6.58 Å². The van der Waals surface area contributed by atoms with Gasteiger partial charge in [-0.2, -0.15) is 5.10 Å². The lowest BCUT2D eigenvalue weighted by atomic mass is 10.1. The Balaban J connectivity index is 1.64. The molecule has 0 spiro atoms. The van der Waals surface area contributed by atoms with E-state index in [1.54, 1.807) is 6.08 Å². The highest BCUT2D eigenvalue weighted by molar-refractivity contribution is 5.65. The molecule has 33 heavy (non-hydrogen) atoms. The molecule has 0 amide bonds. The minimum atomic E-state index is -0.566. The van der Waals surface area contributed by atoms with Crippen molar-refractivity contribution in [2.24, 2.45) is 7.05 Å². The zero-order chi connectivity index (χ0) is 23.2. The lowest BCUT2D eigenvalue weighted by Crippen LogP contribution is -2.36. The van der Waals surface area contributed by atoms with E-state index in [-0.39, 0.29) is 0 Å². The first kappa shape index (κ1) is 23.2. The van der Waals surface area contributed by atoms with E-state index >= 15 is 0 Å². The van der Waals surface area contributed by atoms with Gasteiger partial charge in [0.25, 0.3) is 0 Å². The quantitative estimate of drug-likeness (QED) is 0.322. The second-order valence-electron chi connectivity index (χ2n) is 8.68. The van der Waals surface area contributed by atoms with Gasteiger partial charge in [0.1, 0.15) is 11.4 Å². The maximum atomic E-state index is 10.6. The Morgan fingerprint density at radius 2 is 2.00 bits per heavy atom. The number of nitrogens with zero attached hydrogens (tertiary/aromatic N) is 3. The molecule has 6 nitrogen and oxygen atoms in total. The van der Waals surface area contributed by atoms with Crippen LogP contribution in [0.25, 0.3) is 11.3 Å². The summed E-state index contributed by atoms with van der Waals surface area (Å²) in [4.78, 5) is 2.33. The van der Waals surface area contributed by atoms with Crippen LogP contribution in [-0.2, 0) is 18.3 Å². The van der Waals surface area contributed by atoms with Crippen molar-refractivity contribution < 1.29 is 14.6 Å². The van der Waals surface area contributed by atoms with Crippen molar-refractivity contribution in [3.05, 3.63) is 78.4 Å². The maximum absolute atomic E-state index is 10.6. The Morgan fingerprint density at radius 1 is 1.21 bits per heavy atom. The van der Waals surface area contributed by atoms with Crippen LogP contribution in [0.15, 0.2) is 67.3 Å². The summed E-state index contributed by atoms with van der Waals surface area (Å²) in [5.41, 5.74) is 4.12. The number of hydrogen-bond acceptors (Lipinski definition) is 5. The van der Waals surface area contributed by atoms with Gasteiger partial charge < -0.3 is 14.6 Å². The fourth-order valence-electron chi connectivity index (χ4n) is 4.04. The Labute approximate surface area is 196 Å². The molecule has 1 atom stereocenters. The highest BCUT2D eigenvalue weighted by atomic mass is 16.5. The minimum absolute atomic E-state index is 0.292. The molecule has 1 aliphatic carbocycles. The van der Waals surface area contributed by atoms with E-state index < -0.39 is 6.10 Å². The summed E-state index contributed by atoms with van der Waals surface area (Å²) in [5, 5.41) is 15.4. The van der Waals surface area contributed by atoms with Crippen molar-refractivity contribution in [3.63, 3.8) is 0 Å². The van der Waals surface area contributed by atoms with Crippen LogP contribution in [0.3, 0.4) is 0 Å². The molecule has 0 aliphatic heterocycles. The fraction of sp³-hybridized carbons (Fsp3) is 0.370. The van der Waals surface area contributed by atoms with Crippen LogP contribution in [0.5, 0.6) is 11.6 Å². The third-order valence-corrected chi connectivity index (χ3v) is 5.75. The first-order chi connectivity index (χ1) is 16.0. The average Bonchev–Trinajstić information content (AvgIpc) is 3.61. The zero-order valence-corrected chi connectivity index (χ0v) is 19.5. The van der Waals surface area contributed by atoms with E-state index in [1.165, 1.54) is 0 Å². The molecule has 4 rings (SSSR count). The SMILES string of the molecule is C=CCOCC(O)CN(Cc1c(-c2ccccc2)nn(C)c1Oc1cccc(C)c1)C1CC1. The molecule has 3 aromatic rings. The van der Waals surface area contributed by atoms with Crippen LogP contribution in [-0.4, -0.2) is 51.7 Å². The Morgan fingerprint density at radius 3 is 2.70 bits per heavy atom. The molecule has 0 radical (unpaired) electrons. The van der Waals surface area contributed by atoms with E-state index in [9.17, 15) is 5.11 Å². The summed E-state index contributed by atoms with van der Waals surface area (Å²) in [5.74, 6) is 1.51. The zero-order valence-electron chi connectivity index (χ0n) is 19.5. The summed E-state index contributed by atoms with van der Waals surface area (Å²) >= 11 is 0. The molecule has 6 heteroatoms. The van der Waals surface area contributed by atoms with Gasteiger partial charge in [0.2, 0.25) is 5.88 Å². The van der Waals surface area contributed by atoms with Gasteiger partial charge in [0.15, 0.2) is 0 Å². The highest BCUT2D eigenvalue weighted by Gasteiger charge is 2.33. The van der Waals surface area contributed by atoms with Crippen molar-refractivity contribution in [3.8, 4) is 22.9 Å². The second kappa shape index (κ2) is 10.8. The second-order valence-corrected chi connectivity index (χ2v) is 8.68. The normalized spacial score (nSPS) is 14.4. The molecule has 0 saturated heterocycles. The number of aromatic nitrogens is 2. The van der Waals surface area contributed by atoms with E-state index in [4.69, 9.17) is 14.6 Å². The molecule has 0 bridgehead atoms. The third kappa shape index (κ3) is 6.11. The third-order valence-electron chi connectivity index (χ3n) is 5.75. The van der Waals surface area contributed by atoms with Crippen molar-refractivity contribution >= 4 is 0 Å². The predicted molar refractivity (Wildman–Crippen MR) is 130 cm³/mol. The first-order valence-electron chi connectivity index (χ1n) is 11.5. The number of aryl methyl sites for hydroxylation is 2. The number of benzene rings is 2. The van der Waals surface area contributed by atoms with Crippen molar-refractivity contribution in [1.29, 1.82) is 0 Å². The number of aliphatic hydroxyl groups excluding tert-OH is 1. The molecule has 1 heterocycles. The molecular formula is C27H33N3O3. The molecule has 1 aliphatic rings. The average molecular weight is 448 g/mol. The number of aliphatic hydroxyl groups is 1. The lowest BCUT2D eigenvalue weighted by Gasteiger charge is -2.25. The highest BCUT2D eigenvalue weighted by Crippen LogP contribution is 2.37. The molecule has 1 unspecified atom stereocenters. The molecule has 1 aromatic heterocycles. The Kier molecular flexibility index (Phi) is 7.60. The van der Waals surface area contributed by atoms with Gasteiger partial charge in [-0.05, 0) is 37.5 Å². The number of hydrogen-bond donors (Lipinski definition) is 1. The van der Waals surface area contributed by atoms with Crippen molar-refractivity contribution in [1.82, 2.24) is 14.7 Å². The number of rotatable bonds is 12. The van der Waals surface area contributed by atoms with Crippen LogP contribution in [0, 0.1) is 6.92 Å². The largest absolute Gasteiger partial charge is 0.439 e. The van der Waals surface area contributed by atoms with E-state index in [0.717, 1.165) is 46.9 Å². The summed E-state index contributed by atoms with van der Waals surface area (Å²) in [7, 11) is 1.92. The summed E-state index contributed by atoms with van der Waals surface area (Å²) in [6.07, 6.45) is 3.40. The Bertz CT molecular complexity index is 1060. The smallest absolute Gasteiger partial charge is 0.222 e. The molecule has 1 fully saturated rings. The number of ether oxygens (including phenoxy) is 2. The first-order valence-corrected chi connectivity index (χ1v) is 11.5. The van der Waals surface area contributed by atoms with E-state index in [1.807, 2.05) is 48.1 Å². The molecule has 174 valence electrons. The van der Waals surface area contributed by atoms with Crippen LogP contribution >= 0.6 is 0 Å². The van der Waals surface area contributed by atoms with Gasteiger partial charge in [-0.1, -0.05) is 48.5 Å². The summed E-state index contributed by atoms with van der Waals surface area (Å²) in [6.45, 7) is 7.63. The van der Waals surface area contributed by atoms with E-state index in [0.29, 0.717) is 32.3 Å². The van der Waals surface area contributed by atoms with Crippen LogP contribution < -0.4 is 4.74 Å². The summed E-state index contributed by atoms with van der Waals surface area (Å²) < 4.78 is 13.7. The van der Waals surface area contributed by atoms with E-state index in [2.05, 4.69) is 36.6 Å². The fourth-order valence-corrected chi connectivity index (χ4v) is 4.04. The molecule has 1 saturated carbocycles. The van der Waals surface area contributed by atoms with Gasteiger partial charge in [-0.3, -0.25) is 4.90 Å². The van der Waals surface area contributed by atoms with Gasteiger partial charge in [-0.25, -0.2) is 4.68 Å². The molecule has 2 aromatic carbocycles. The van der Waals surface area contributed by atoms with Gasteiger partial charge >= 0.3 is 0 Å². The topological polar surface area (TPSA) is 59.8 Å². The maximum Gasteiger partial charge on any atom is 0.222 e. The van der Waals surface area contributed by atoms with Crippen LogP contribution in [0.4, 0.5) is 0 Å². The molecule has 1 N–H and O–H groups in total. The van der Waals surface area contributed by atoms with Crippen LogP contribution in [0.1, 0.15) is 24.0 Å². The standard InChI is InChI=1S/C27H33N3O3/c1-4-15-32-19-23(31)17-30(22-13-14-22)18-25-26(21-10-6-5-7-11-21)28-29(3)27(25)33-24-12-8-9-20(2)16-24/h4-12,16,22-23,31H,1,13-15,17-19H2,2-3H3. The Hall–Kier alpha value is -2.93. The van der Waals surface area contributed by atoms with Gasteiger partial charge in [0, 0.05) is 31.7 Å². The monoisotopic (exact) mass is 447 g/mol. The van der Waals surface area contributed by atoms with Crippen LogP contribution in [0.2, 0.25) is 0 Å². The minimum Gasteiger partial charge on any atom is -0.439 e. The van der Waals surface area contributed by atoms with Crippen molar-refractivity contribution in [2.75, 3.05) is 19.8 Å². The lowest BCUT2D eigenvalue weighted by molar-refractivity contribution is 0.0227. The predicted octanol–water partition coefficient (Wildman–Crippen LogP) is 4.72.